The van der Waals surface area contributed by atoms with Gasteiger partial charge in [0, 0.05) is 12.0 Å². The summed E-state index contributed by atoms with van der Waals surface area (Å²) >= 11 is 0. The van der Waals surface area contributed by atoms with E-state index in [0.29, 0.717) is 17.7 Å². The minimum absolute atomic E-state index is 0.159. The molecule has 1 aliphatic heterocycles. The summed E-state index contributed by atoms with van der Waals surface area (Å²) in [5.41, 5.74) is 3.81. The van der Waals surface area contributed by atoms with Crippen LogP contribution in [0.15, 0.2) is 42.5 Å². The zero-order valence-electron chi connectivity index (χ0n) is 14.0. The Labute approximate surface area is 145 Å². The molecule has 3 aromatic carbocycles. The highest BCUT2D eigenvalue weighted by atomic mass is 16.5. The molecule has 1 spiro atoms. The minimum atomic E-state index is -0.735. The Hall–Kier alpha value is -3.01. The second-order valence-electron chi connectivity index (χ2n) is 6.90. The number of carbonyl (C=O) groups is 1. The van der Waals surface area contributed by atoms with Gasteiger partial charge in [0.25, 0.3) is 5.91 Å². The number of aromatic hydroxyl groups is 1. The summed E-state index contributed by atoms with van der Waals surface area (Å²) in [6, 6.07) is 13.6. The fourth-order valence-corrected chi connectivity index (χ4v) is 4.60. The zero-order valence-corrected chi connectivity index (χ0v) is 14.0. The molecule has 0 unspecified atom stereocenters. The highest BCUT2D eigenvalue weighted by molar-refractivity contribution is 6.06. The fraction of sp³-hybridized carbons (Fsp3) is 0.190. The standard InChI is InChI=1S/C21H17NO3/c1-11-8-12-6-7-15(23)19-17(12)13(9-11)10-21(19)14-4-3-5-16(25-2)18(14)20(24)22-21/h3-9,23H,10H2,1-2H3,(H,22,24)/t21-/m1/s1. The van der Waals surface area contributed by atoms with Crippen LogP contribution in [0.1, 0.15) is 32.6 Å². The molecule has 0 radical (unpaired) electrons. The lowest BCUT2D eigenvalue weighted by Crippen LogP contribution is -2.40. The number of carbonyl (C=O) groups excluding carboxylic acids is 1. The van der Waals surface area contributed by atoms with Crippen molar-refractivity contribution in [1.29, 1.82) is 0 Å². The van der Waals surface area contributed by atoms with Crippen molar-refractivity contribution in [2.75, 3.05) is 7.11 Å². The van der Waals surface area contributed by atoms with Crippen LogP contribution in [0.4, 0.5) is 0 Å². The molecule has 25 heavy (non-hydrogen) atoms. The van der Waals surface area contributed by atoms with Gasteiger partial charge >= 0.3 is 0 Å². The van der Waals surface area contributed by atoms with E-state index in [1.807, 2.05) is 18.2 Å². The summed E-state index contributed by atoms with van der Waals surface area (Å²) < 4.78 is 5.41. The topological polar surface area (TPSA) is 58.6 Å². The molecule has 0 saturated heterocycles. The average Bonchev–Trinajstić information content (AvgIpc) is 3.07. The first-order valence-electron chi connectivity index (χ1n) is 8.31. The van der Waals surface area contributed by atoms with Gasteiger partial charge in [-0.2, -0.15) is 0 Å². The highest BCUT2D eigenvalue weighted by Gasteiger charge is 2.51. The molecule has 0 saturated carbocycles. The molecular weight excluding hydrogens is 314 g/mol. The van der Waals surface area contributed by atoms with E-state index in [9.17, 15) is 9.90 Å². The molecule has 4 nitrogen and oxygen atoms in total. The number of amides is 1. The molecule has 1 amide bonds. The van der Waals surface area contributed by atoms with Crippen molar-refractivity contribution in [3.05, 3.63) is 70.3 Å². The number of fused-ring (bicyclic) bond motifs is 3. The third kappa shape index (κ3) is 1.64. The molecule has 5 rings (SSSR count). The summed E-state index contributed by atoms with van der Waals surface area (Å²) in [6.07, 6.45) is 0.629. The van der Waals surface area contributed by atoms with E-state index in [0.717, 1.165) is 27.5 Å². The molecular formula is C21H17NO3. The van der Waals surface area contributed by atoms with Crippen LogP contribution in [0, 0.1) is 6.92 Å². The van der Waals surface area contributed by atoms with Crippen molar-refractivity contribution in [3.8, 4) is 11.5 Å². The van der Waals surface area contributed by atoms with Gasteiger partial charge < -0.3 is 15.2 Å². The van der Waals surface area contributed by atoms with Gasteiger partial charge in [0.15, 0.2) is 0 Å². The molecule has 2 N–H and O–H groups in total. The maximum Gasteiger partial charge on any atom is 0.256 e. The number of methoxy groups -OCH3 is 1. The lowest BCUT2D eigenvalue weighted by Gasteiger charge is -2.27. The Morgan fingerprint density at radius 3 is 2.84 bits per heavy atom. The maximum atomic E-state index is 12.8. The Morgan fingerprint density at radius 1 is 1.20 bits per heavy atom. The van der Waals surface area contributed by atoms with Crippen LogP contribution in [0.3, 0.4) is 0 Å². The summed E-state index contributed by atoms with van der Waals surface area (Å²) in [4.78, 5) is 12.8. The minimum Gasteiger partial charge on any atom is -0.508 e. The molecule has 2 aliphatic rings. The molecule has 1 aliphatic carbocycles. The number of phenolic OH excluding ortho intramolecular Hbond substituents is 1. The smallest absolute Gasteiger partial charge is 0.256 e. The monoisotopic (exact) mass is 331 g/mol. The number of benzene rings is 3. The van der Waals surface area contributed by atoms with Crippen LogP contribution >= 0.6 is 0 Å². The second kappa shape index (κ2) is 4.54. The number of aryl methyl sites for hydroxylation is 1. The van der Waals surface area contributed by atoms with E-state index < -0.39 is 5.54 Å². The van der Waals surface area contributed by atoms with E-state index in [2.05, 4.69) is 24.4 Å². The quantitative estimate of drug-likeness (QED) is 0.718. The van der Waals surface area contributed by atoms with Crippen LogP contribution in [-0.2, 0) is 12.0 Å². The molecule has 1 heterocycles. The van der Waals surface area contributed by atoms with Gasteiger partial charge in [0.2, 0.25) is 0 Å². The Morgan fingerprint density at radius 2 is 2.04 bits per heavy atom. The first kappa shape index (κ1) is 14.3. The van der Waals surface area contributed by atoms with Gasteiger partial charge in [-0.15, -0.1) is 0 Å². The van der Waals surface area contributed by atoms with Gasteiger partial charge in [-0.3, -0.25) is 4.79 Å². The predicted molar refractivity (Wildman–Crippen MR) is 95.3 cm³/mol. The largest absolute Gasteiger partial charge is 0.508 e. The van der Waals surface area contributed by atoms with Crippen LogP contribution in [0.5, 0.6) is 11.5 Å². The maximum absolute atomic E-state index is 12.8. The number of ether oxygens (including phenoxy) is 1. The first-order chi connectivity index (χ1) is 12.0. The molecule has 0 fully saturated rings. The zero-order chi connectivity index (χ0) is 17.3. The van der Waals surface area contributed by atoms with Crippen molar-refractivity contribution >= 4 is 16.7 Å². The van der Waals surface area contributed by atoms with Crippen molar-refractivity contribution in [3.63, 3.8) is 0 Å². The lowest BCUT2D eigenvalue weighted by molar-refractivity contribution is 0.0939. The lowest BCUT2D eigenvalue weighted by atomic mass is 9.83. The fourth-order valence-electron chi connectivity index (χ4n) is 4.60. The first-order valence-corrected chi connectivity index (χ1v) is 8.31. The molecule has 4 heteroatoms. The van der Waals surface area contributed by atoms with E-state index in [-0.39, 0.29) is 11.7 Å². The molecule has 3 aromatic rings. The SMILES string of the molecule is COc1cccc2c1C(=O)N[C@]21Cc2cc(C)cc3ccc(O)c1c23. The van der Waals surface area contributed by atoms with Crippen LogP contribution in [0.25, 0.3) is 10.8 Å². The predicted octanol–water partition coefficient (Wildman–Crippen LogP) is 3.41. The van der Waals surface area contributed by atoms with Crippen molar-refractivity contribution < 1.29 is 14.6 Å². The van der Waals surface area contributed by atoms with Crippen molar-refractivity contribution in [2.24, 2.45) is 0 Å². The molecule has 0 bridgehead atoms. The molecule has 1 atom stereocenters. The van der Waals surface area contributed by atoms with Crippen LogP contribution in [0.2, 0.25) is 0 Å². The van der Waals surface area contributed by atoms with Gasteiger partial charge in [-0.05, 0) is 41.0 Å². The Balaban J connectivity index is 1.89. The van der Waals surface area contributed by atoms with Gasteiger partial charge in [0.05, 0.1) is 18.2 Å². The average molecular weight is 331 g/mol. The summed E-state index contributed by atoms with van der Waals surface area (Å²) in [5, 5.41) is 16.0. The van der Waals surface area contributed by atoms with E-state index in [1.54, 1.807) is 19.2 Å². The normalized spacial score (nSPS) is 20.2. The van der Waals surface area contributed by atoms with Crippen molar-refractivity contribution in [1.82, 2.24) is 5.32 Å². The highest BCUT2D eigenvalue weighted by Crippen LogP contribution is 2.53. The second-order valence-corrected chi connectivity index (χ2v) is 6.90. The van der Waals surface area contributed by atoms with Gasteiger partial charge in [-0.25, -0.2) is 0 Å². The Bertz CT molecular complexity index is 1090. The number of phenols is 1. The third-order valence-corrected chi connectivity index (χ3v) is 5.46. The number of rotatable bonds is 1. The van der Waals surface area contributed by atoms with Crippen LogP contribution < -0.4 is 10.1 Å². The number of hydrogen-bond acceptors (Lipinski definition) is 3. The number of hydrogen-bond donors (Lipinski definition) is 2. The summed E-state index contributed by atoms with van der Waals surface area (Å²) in [5.74, 6) is 0.616. The van der Waals surface area contributed by atoms with Gasteiger partial charge in [0.1, 0.15) is 11.5 Å². The molecule has 124 valence electrons. The molecule has 0 aromatic heterocycles. The van der Waals surface area contributed by atoms with Gasteiger partial charge in [-0.1, -0.05) is 35.9 Å². The van der Waals surface area contributed by atoms with Crippen molar-refractivity contribution in [2.45, 2.75) is 18.9 Å². The summed E-state index contributed by atoms with van der Waals surface area (Å²) in [6.45, 7) is 2.07. The van der Waals surface area contributed by atoms with E-state index >= 15 is 0 Å². The summed E-state index contributed by atoms with van der Waals surface area (Å²) in [7, 11) is 1.57. The third-order valence-electron chi connectivity index (χ3n) is 5.46. The van der Waals surface area contributed by atoms with E-state index in [4.69, 9.17) is 4.74 Å². The van der Waals surface area contributed by atoms with Crippen LogP contribution in [-0.4, -0.2) is 18.1 Å². The van der Waals surface area contributed by atoms with E-state index in [1.165, 1.54) is 5.56 Å². The Kier molecular flexibility index (Phi) is 2.60. The number of nitrogens with one attached hydrogen (secondary N) is 1.